The highest BCUT2D eigenvalue weighted by Crippen LogP contribution is 2.46. The summed E-state index contributed by atoms with van der Waals surface area (Å²) in [6.45, 7) is 0. The third-order valence-corrected chi connectivity index (χ3v) is 8.52. The predicted molar refractivity (Wildman–Crippen MR) is 129 cm³/mol. The Morgan fingerprint density at radius 2 is 1.41 bits per heavy atom. The number of carbonyl (C=O) groups is 2. The minimum atomic E-state index is -3.53. The highest BCUT2D eigenvalue weighted by atomic mass is 19.3. The zero-order chi connectivity index (χ0) is 29.8. The molecule has 3 saturated carbocycles. The summed E-state index contributed by atoms with van der Waals surface area (Å²) in [7, 11) is 0. The lowest BCUT2D eigenvalue weighted by molar-refractivity contribution is -0.136. The first kappa shape index (κ1) is 29.5. The van der Waals surface area contributed by atoms with Crippen molar-refractivity contribution in [3.63, 3.8) is 0 Å². The Hall–Kier alpha value is -3.00. The molecule has 2 atom stereocenters. The van der Waals surface area contributed by atoms with E-state index in [0.29, 0.717) is 0 Å². The Balaban J connectivity index is 1.48. The van der Waals surface area contributed by atoms with Gasteiger partial charge >= 0.3 is 0 Å². The second-order valence-corrected chi connectivity index (χ2v) is 11.4. The zero-order valence-electron chi connectivity index (χ0n) is 21.8. The molecule has 3 fully saturated rings. The number of carbonyl (C=O) groups excluding carboxylic acids is 2. The molecule has 3 N–H and O–H groups in total. The fourth-order valence-electron chi connectivity index (χ4n) is 5.71. The molecule has 2 aromatic heterocycles. The van der Waals surface area contributed by atoms with Crippen molar-refractivity contribution < 1.29 is 44.7 Å². The lowest BCUT2D eigenvalue weighted by atomic mass is 9.69. The summed E-state index contributed by atoms with van der Waals surface area (Å²) in [5.74, 6) is -8.46. The van der Waals surface area contributed by atoms with Crippen molar-refractivity contribution in [3.05, 3.63) is 23.7 Å². The second kappa shape index (κ2) is 10.4. The number of alkyl halides is 8. The maximum Gasteiger partial charge on any atom is 0.287 e. The van der Waals surface area contributed by atoms with E-state index in [1.165, 1.54) is 12.1 Å². The molecule has 2 amide bonds. The SMILES string of the molecule is O=C(N[C@H](c1nc2nc(C3(C(=O)NC(F)C(F)F)CCC(F)(F)CC3)ccc2[nH]1)C1CCC(F)(F)CC1)C1(F)CC1. The number of aromatic amines is 1. The molecule has 0 saturated heterocycles. The molecule has 0 bridgehead atoms. The number of nitrogens with zero attached hydrogens (tertiary/aromatic N) is 2. The van der Waals surface area contributed by atoms with Crippen LogP contribution < -0.4 is 10.6 Å². The summed E-state index contributed by atoms with van der Waals surface area (Å²) in [6.07, 6.45) is -9.79. The van der Waals surface area contributed by atoms with E-state index in [2.05, 4.69) is 20.3 Å². The third kappa shape index (κ3) is 5.99. The van der Waals surface area contributed by atoms with Gasteiger partial charge in [0.25, 0.3) is 12.3 Å². The Kier molecular flexibility index (Phi) is 7.46. The topological polar surface area (TPSA) is 99.8 Å². The monoisotopic (exact) mass is 595 g/mol. The standard InChI is InChI=1S/C26H29F8N5O2/c27-17(28)18(29)38-21(40)23(7-11-26(33,34)12-8-23)15-2-1-14-19(36-15)39-20(35-14)16(37-22(41)24(30)9-10-24)13-3-5-25(31,32)6-4-13/h1-2,13,16-18H,3-12H2,(H,37,41)(H,38,40)(H,35,36,39)/t16-,18?/m0/s1. The lowest BCUT2D eigenvalue weighted by Gasteiger charge is -2.38. The van der Waals surface area contributed by atoms with Crippen LogP contribution in [0.25, 0.3) is 11.2 Å². The fraction of sp³-hybridized carbons (Fsp3) is 0.692. The number of hydrogen-bond acceptors (Lipinski definition) is 4. The number of amides is 2. The zero-order valence-corrected chi connectivity index (χ0v) is 21.8. The van der Waals surface area contributed by atoms with E-state index in [0.717, 1.165) is 0 Å². The van der Waals surface area contributed by atoms with Gasteiger partial charge in [-0.2, -0.15) is 0 Å². The Bertz CT molecular complexity index is 1290. The van der Waals surface area contributed by atoms with E-state index >= 15 is 0 Å². The van der Waals surface area contributed by atoms with Gasteiger partial charge in [-0.1, -0.05) is 0 Å². The molecule has 226 valence electrons. The van der Waals surface area contributed by atoms with Gasteiger partial charge in [-0.25, -0.2) is 45.1 Å². The van der Waals surface area contributed by atoms with Crippen molar-refractivity contribution in [1.82, 2.24) is 25.6 Å². The molecule has 0 spiro atoms. The van der Waals surface area contributed by atoms with E-state index < -0.39 is 97.9 Å². The number of H-pyrrole nitrogens is 1. The molecule has 3 aliphatic rings. The summed E-state index contributed by atoms with van der Waals surface area (Å²) in [5.41, 5.74) is -3.73. The van der Waals surface area contributed by atoms with Crippen molar-refractivity contribution in [1.29, 1.82) is 0 Å². The largest absolute Gasteiger partial charge is 0.343 e. The summed E-state index contributed by atoms with van der Waals surface area (Å²) in [6, 6.07) is 1.77. The molecule has 3 aliphatic carbocycles. The molecular weight excluding hydrogens is 566 g/mol. The van der Waals surface area contributed by atoms with Crippen LogP contribution in [0.4, 0.5) is 35.1 Å². The van der Waals surface area contributed by atoms with Crippen molar-refractivity contribution in [2.45, 2.75) is 106 Å². The number of pyridine rings is 1. The number of fused-ring (bicyclic) bond motifs is 1. The first-order chi connectivity index (χ1) is 19.1. The summed E-state index contributed by atoms with van der Waals surface area (Å²) < 4.78 is 110. The van der Waals surface area contributed by atoms with Crippen LogP contribution in [0.2, 0.25) is 0 Å². The van der Waals surface area contributed by atoms with E-state index in [-0.39, 0.29) is 48.4 Å². The predicted octanol–water partition coefficient (Wildman–Crippen LogP) is 5.57. The van der Waals surface area contributed by atoms with Gasteiger partial charge in [0, 0.05) is 25.7 Å². The van der Waals surface area contributed by atoms with Crippen LogP contribution in [0.3, 0.4) is 0 Å². The number of imidazole rings is 1. The molecule has 1 unspecified atom stereocenters. The first-order valence-electron chi connectivity index (χ1n) is 13.5. The fourth-order valence-corrected chi connectivity index (χ4v) is 5.71. The van der Waals surface area contributed by atoms with Gasteiger partial charge in [0.15, 0.2) is 11.3 Å². The minimum Gasteiger partial charge on any atom is -0.343 e. The molecule has 0 aliphatic heterocycles. The number of aromatic nitrogens is 3. The van der Waals surface area contributed by atoms with Crippen LogP contribution in [0.15, 0.2) is 12.1 Å². The Morgan fingerprint density at radius 1 is 0.805 bits per heavy atom. The highest BCUT2D eigenvalue weighted by Gasteiger charge is 2.53. The van der Waals surface area contributed by atoms with Crippen molar-refractivity contribution in [2.24, 2.45) is 5.92 Å². The molecule has 2 aromatic rings. The van der Waals surface area contributed by atoms with E-state index in [4.69, 9.17) is 0 Å². The van der Waals surface area contributed by atoms with Gasteiger partial charge in [0.1, 0.15) is 5.82 Å². The summed E-state index contributed by atoms with van der Waals surface area (Å²) in [5, 5.41) is 4.16. The maximum absolute atomic E-state index is 14.5. The average Bonchev–Trinajstić information content (AvgIpc) is 3.52. The van der Waals surface area contributed by atoms with Crippen LogP contribution in [0.1, 0.15) is 81.8 Å². The van der Waals surface area contributed by atoms with Gasteiger partial charge in [-0.3, -0.25) is 9.59 Å². The van der Waals surface area contributed by atoms with Crippen molar-refractivity contribution in [2.75, 3.05) is 0 Å². The number of hydrogen-bond donors (Lipinski definition) is 3. The van der Waals surface area contributed by atoms with Crippen LogP contribution >= 0.6 is 0 Å². The number of halogens is 8. The number of nitrogens with one attached hydrogen (secondary N) is 3. The molecule has 0 aromatic carbocycles. The van der Waals surface area contributed by atoms with Crippen LogP contribution in [-0.4, -0.2) is 57.0 Å². The third-order valence-electron chi connectivity index (χ3n) is 8.52. The summed E-state index contributed by atoms with van der Waals surface area (Å²) in [4.78, 5) is 37.3. The molecule has 41 heavy (non-hydrogen) atoms. The molecular formula is C26H29F8N5O2. The quantitative estimate of drug-likeness (QED) is 0.275. The van der Waals surface area contributed by atoms with Gasteiger partial charge in [-0.15, -0.1) is 0 Å². The Morgan fingerprint density at radius 3 is 2.00 bits per heavy atom. The smallest absolute Gasteiger partial charge is 0.287 e. The van der Waals surface area contributed by atoms with Gasteiger partial charge in [0.2, 0.25) is 24.0 Å². The molecule has 0 radical (unpaired) electrons. The van der Waals surface area contributed by atoms with Crippen molar-refractivity contribution in [3.8, 4) is 0 Å². The first-order valence-corrected chi connectivity index (χ1v) is 13.5. The van der Waals surface area contributed by atoms with E-state index in [9.17, 15) is 44.7 Å². The normalized spacial score (nSPS) is 24.5. The van der Waals surface area contributed by atoms with Crippen LogP contribution in [-0.2, 0) is 15.0 Å². The molecule has 7 nitrogen and oxygen atoms in total. The molecule has 5 rings (SSSR count). The lowest BCUT2D eigenvalue weighted by Crippen LogP contribution is -2.52. The summed E-state index contributed by atoms with van der Waals surface area (Å²) >= 11 is 0. The van der Waals surface area contributed by atoms with E-state index in [1.807, 2.05) is 0 Å². The average molecular weight is 596 g/mol. The van der Waals surface area contributed by atoms with Gasteiger partial charge in [-0.05, 0) is 56.6 Å². The van der Waals surface area contributed by atoms with E-state index in [1.54, 1.807) is 5.32 Å². The van der Waals surface area contributed by atoms with Gasteiger partial charge < -0.3 is 15.6 Å². The van der Waals surface area contributed by atoms with Crippen molar-refractivity contribution >= 4 is 23.0 Å². The highest BCUT2D eigenvalue weighted by molar-refractivity contribution is 5.89. The van der Waals surface area contributed by atoms with Crippen LogP contribution in [0, 0.1) is 5.92 Å². The molecule has 15 heteroatoms. The minimum absolute atomic E-state index is 0.0268. The maximum atomic E-state index is 14.5. The Labute approximate surface area is 229 Å². The van der Waals surface area contributed by atoms with Crippen LogP contribution in [0.5, 0.6) is 0 Å². The second-order valence-electron chi connectivity index (χ2n) is 11.4. The molecule has 2 heterocycles. The number of rotatable bonds is 8. The van der Waals surface area contributed by atoms with Gasteiger partial charge in [0.05, 0.1) is 22.7 Å².